The molecule has 0 saturated carbocycles. The maximum absolute atomic E-state index is 13.7. The molecule has 3 rings (SSSR count). The highest BCUT2D eigenvalue weighted by Crippen LogP contribution is 2.21. The van der Waals surface area contributed by atoms with E-state index >= 15 is 0 Å². The summed E-state index contributed by atoms with van der Waals surface area (Å²) in [7, 11) is 0. The first-order valence-electron chi connectivity index (χ1n) is 7.67. The van der Waals surface area contributed by atoms with Crippen LogP contribution in [0.3, 0.4) is 0 Å². The average molecular weight is 330 g/mol. The maximum atomic E-state index is 13.7. The van der Waals surface area contributed by atoms with E-state index in [-0.39, 0.29) is 10.5 Å². The summed E-state index contributed by atoms with van der Waals surface area (Å²) in [6.07, 6.45) is 2.12. The van der Waals surface area contributed by atoms with Crippen molar-refractivity contribution in [2.75, 3.05) is 0 Å². The van der Waals surface area contributed by atoms with Crippen molar-refractivity contribution in [2.24, 2.45) is 0 Å². The number of hydrogen-bond acceptors (Lipinski definition) is 1. The number of nitrogens with one attached hydrogen (secondary N) is 1. The molecule has 0 spiro atoms. The number of rotatable bonds is 4. The highest BCUT2D eigenvalue weighted by Gasteiger charge is 2.13. The van der Waals surface area contributed by atoms with Crippen LogP contribution in [0.5, 0.6) is 0 Å². The first-order chi connectivity index (χ1) is 11.1. The van der Waals surface area contributed by atoms with Crippen LogP contribution in [0.25, 0.3) is 10.9 Å². The van der Waals surface area contributed by atoms with Crippen molar-refractivity contribution in [1.82, 2.24) is 4.98 Å². The lowest BCUT2D eigenvalue weighted by atomic mass is 9.99. The van der Waals surface area contributed by atoms with Crippen LogP contribution in [-0.2, 0) is 19.3 Å². The predicted octanol–water partition coefficient (Wildman–Crippen LogP) is 4.67. The van der Waals surface area contributed by atoms with Gasteiger partial charge in [-0.15, -0.1) is 0 Å². The summed E-state index contributed by atoms with van der Waals surface area (Å²) in [5.41, 5.74) is 3.27. The second kappa shape index (κ2) is 6.55. The van der Waals surface area contributed by atoms with Gasteiger partial charge in [0.1, 0.15) is 5.82 Å². The number of benzene rings is 2. The van der Waals surface area contributed by atoms with E-state index in [4.69, 9.17) is 11.6 Å². The van der Waals surface area contributed by atoms with Crippen LogP contribution in [0.1, 0.15) is 23.7 Å². The minimum atomic E-state index is -0.567. The van der Waals surface area contributed by atoms with Gasteiger partial charge in [0, 0.05) is 16.6 Å². The predicted molar refractivity (Wildman–Crippen MR) is 92.8 cm³/mol. The molecule has 0 fully saturated rings. The van der Waals surface area contributed by atoms with Gasteiger partial charge in [-0.25, -0.2) is 4.39 Å². The average Bonchev–Trinajstić information content (AvgIpc) is 2.56. The number of aromatic amines is 1. The van der Waals surface area contributed by atoms with E-state index < -0.39 is 5.82 Å². The van der Waals surface area contributed by atoms with Crippen molar-refractivity contribution in [1.29, 1.82) is 0 Å². The smallest absolute Gasteiger partial charge is 0.192 e. The molecule has 0 radical (unpaired) electrons. The fourth-order valence-corrected chi connectivity index (χ4v) is 3.02. The number of halogens is 2. The van der Waals surface area contributed by atoms with Crippen LogP contribution in [0.15, 0.2) is 47.3 Å². The van der Waals surface area contributed by atoms with Crippen molar-refractivity contribution >= 4 is 22.5 Å². The number of aromatic nitrogens is 1. The van der Waals surface area contributed by atoms with Crippen LogP contribution in [-0.4, -0.2) is 4.98 Å². The third-order valence-corrected chi connectivity index (χ3v) is 4.38. The fourth-order valence-electron chi connectivity index (χ4n) is 2.86. The van der Waals surface area contributed by atoms with Gasteiger partial charge < -0.3 is 4.98 Å². The van der Waals surface area contributed by atoms with E-state index in [0.29, 0.717) is 23.7 Å². The van der Waals surface area contributed by atoms with E-state index in [9.17, 15) is 9.18 Å². The molecular formula is C19H17ClFNO. The summed E-state index contributed by atoms with van der Waals surface area (Å²) < 4.78 is 13.7. The molecule has 0 amide bonds. The van der Waals surface area contributed by atoms with Gasteiger partial charge in [0.2, 0.25) is 0 Å². The van der Waals surface area contributed by atoms with Crippen molar-refractivity contribution < 1.29 is 4.39 Å². The molecule has 0 atom stereocenters. The fraction of sp³-hybridized carbons (Fsp3) is 0.211. The van der Waals surface area contributed by atoms with E-state index in [2.05, 4.69) is 4.98 Å². The summed E-state index contributed by atoms with van der Waals surface area (Å²) in [4.78, 5) is 16.0. The summed E-state index contributed by atoms with van der Waals surface area (Å²) in [5, 5.41) is 0.374. The number of hydrogen-bond donors (Lipinski definition) is 1. The van der Waals surface area contributed by atoms with E-state index in [0.717, 1.165) is 17.7 Å². The molecule has 0 aliphatic rings. The van der Waals surface area contributed by atoms with Gasteiger partial charge >= 0.3 is 0 Å². The Balaban J connectivity index is 2.06. The molecule has 0 aliphatic heterocycles. The molecule has 2 aromatic carbocycles. The minimum absolute atomic E-state index is 0.0206. The zero-order valence-corrected chi connectivity index (χ0v) is 13.6. The first kappa shape index (κ1) is 15.8. The minimum Gasteiger partial charge on any atom is -0.358 e. The lowest BCUT2D eigenvalue weighted by molar-refractivity contribution is 0.630. The molecule has 0 unspecified atom stereocenters. The second-order valence-electron chi connectivity index (χ2n) is 5.56. The zero-order chi connectivity index (χ0) is 16.4. The van der Waals surface area contributed by atoms with E-state index in [1.54, 1.807) is 0 Å². The van der Waals surface area contributed by atoms with Gasteiger partial charge in [0.15, 0.2) is 5.43 Å². The Kier molecular flexibility index (Phi) is 4.49. The van der Waals surface area contributed by atoms with Crippen molar-refractivity contribution in [3.05, 3.63) is 80.3 Å². The lowest BCUT2D eigenvalue weighted by Gasteiger charge is -2.11. The summed E-state index contributed by atoms with van der Waals surface area (Å²) in [6.45, 7) is 1.99. The van der Waals surface area contributed by atoms with Gasteiger partial charge in [-0.2, -0.15) is 0 Å². The van der Waals surface area contributed by atoms with Crippen LogP contribution in [0, 0.1) is 5.82 Å². The molecule has 0 bridgehead atoms. The molecule has 1 heterocycles. The first-order valence-corrected chi connectivity index (χ1v) is 8.04. The quantitative estimate of drug-likeness (QED) is 0.741. The Morgan fingerprint density at radius 2 is 1.87 bits per heavy atom. The molecule has 3 aromatic rings. The van der Waals surface area contributed by atoms with Gasteiger partial charge in [-0.1, -0.05) is 48.9 Å². The van der Waals surface area contributed by atoms with Crippen molar-refractivity contribution in [2.45, 2.75) is 26.2 Å². The molecule has 0 saturated heterocycles. The molecule has 2 nitrogen and oxygen atoms in total. The normalized spacial score (nSPS) is 11.1. The van der Waals surface area contributed by atoms with Crippen molar-refractivity contribution in [3.8, 4) is 0 Å². The van der Waals surface area contributed by atoms with E-state index in [1.165, 1.54) is 17.7 Å². The van der Waals surface area contributed by atoms with Crippen LogP contribution < -0.4 is 5.43 Å². The Morgan fingerprint density at radius 3 is 2.57 bits per heavy atom. The Bertz CT molecular complexity index is 903. The topological polar surface area (TPSA) is 32.9 Å². The van der Waals surface area contributed by atoms with E-state index in [1.807, 2.05) is 37.3 Å². The highest BCUT2D eigenvalue weighted by atomic mass is 35.5. The van der Waals surface area contributed by atoms with Gasteiger partial charge in [-0.05, 0) is 37.0 Å². The number of pyridine rings is 1. The Hall–Kier alpha value is -2.13. The van der Waals surface area contributed by atoms with Crippen LogP contribution in [0.2, 0.25) is 5.02 Å². The standard InChI is InChI=1S/C19H17ClFNO/c1-2-17-13(9-8-12-6-4-3-5-7-12)19(23)14-10-16(21)15(20)11-18(14)22-17/h3-7,10-11H,2,8-9H2,1H3,(H,22,23). The summed E-state index contributed by atoms with van der Waals surface area (Å²) >= 11 is 5.82. The Labute approximate surface area is 138 Å². The molecular weight excluding hydrogens is 313 g/mol. The maximum Gasteiger partial charge on any atom is 0.192 e. The van der Waals surface area contributed by atoms with Crippen LogP contribution in [0.4, 0.5) is 4.39 Å². The van der Waals surface area contributed by atoms with Crippen LogP contribution >= 0.6 is 11.6 Å². The van der Waals surface area contributed by atoms with Gasteiger partial charge in [0.25, 0.3) is 0 Å². The SMILES string of the molecule is CCc1[nH]c2cc(Cl)c(F)cc2c(=O)c1CCc1ccccc1. The van der Waals surface area contributed by atoms with Crippen molar-refractivity contribution in [3.63, 3.8) is 0 Å². The number of aryl methyl sites for hydroxylation is 2. The largest absolute Gasteiger partial charge is 0.358 e. The second-order valence-corrected chi connectivity index (χ2v) is 5.97. The van der Waals surface area contributed by atoms with Gasteiger partial charge in [-0.3, -0.25) is 4.79 Å². The molecule has 23 heavy (non-hydrogen) atoms. The number of fused-ring (bicyclic) bond motifs is 1. The third-order valence-electron chi connectivity index (χ3n) is 4.09. The molecule has 0 aliphatic carbocycles. The summed E-state index contributed by atoms with van der Waals surface area (Å²) in [5.74, 6) is -0.567. The molecule has 1 N–H and O–H groups in total. The molecule has 118 valence electrons. The summed E-state index contributed by atoms with van der Waals surface area (Å²) in [6, 6.07) is 12.7. The zero-order valence-electron chi connectivity index (χ0n) is 12.8. The third kappa shape index (κ3) is 3.15. The number of H-pyrrole nitrogens is 1. The lowest BCUT2D eigenvalue weighted by Crippen LogP contribution is -2.16. The molecule has 4 heteroatoms. The highest BCUT2D eigenvalue weighted by molar-refractivity contribution is 6.31. The Morgan fingerprint density at radius 1 is 1.13 bits per heavy atom. The van der Waals surface area contributed by atoms with Gasteiger partial charge in [0.05, 0.1) is 10.5 Å². The monoisotopic (exact) mass is 329 g/mol. The molecule has 1 aromatic heterocycles.